The maximum absolute atomic E-state index is 13.4. The number of ether oxygens (including phenoxy) is 1. The average molecular weight is 401 g/mol. The lowest BCUT2D eigenvalue weighted by atomic mass is 10.0. The van der Waals surface area contributed by atoms with E-state index < -0.39 is 5.91 Å². The molecule has 4 aromatic rings. The van der Waals surface area contributed by atoms with E-state index in [1.807, 2.05) is 12.1 Å². The van der Waals surface area contributed by atoms with Crippen molar-refractivity contribution < 1.29 is 13.9 Å². The minimum atomic E-state index is -0.451. The van der Waals surface area contributed by atoms with E-state index in [9.17, 15) is 9.18 Å². The third-order valence-electron chi connectivity index (χ3n) is 4.29. The van der Waals surface area contributed by atoms with Crippen molar-refractivity contribution in [2.24, 2.45) is 0 Å². The van der Waals surface area contributed by atoms with Crippen LogP contribution in [0.5, 0.6) is 5.75 Å². The van der Waals surface area contributed by atoms with E-state index in [0.29, 0.717) is 22.7 Å². The molecule has 2 aromatic heterocycles. The Kier molecular flexibility index (Phi) is 5.38. The van der Waals surface area contributed by atoms with Crippen LogP contribution >= 0.6 is 0 Å². The summed E-state index contributed by atoms with van der Waals surface area (Å²) >= 11 is 0. The number of carbonyl (C=O) groups excluding carboxylic acids is 1. The summed E-state index contributed by atoms with van der Waals surface area (Å²) in [6.45, 7) is 0. The summed E-state index contributed by atoms with van der Waals surface area (Å²) < 4.78 is 18.6. The first-order valence-electron chi connectivity index (χ1n) is 8.99. The van der Waals surface area contributed by atoms with Crippen LogP contribution in [0, 0.1) is 5.82 Å². The number of methoxy groups -OCH3 is 1. The second-order valence-electron chi connectivity index (χ2n) is 6.23. The van der Waals surface area contributed by atoms with Gasteiger partial charge >= 0.3 is 0 Å². The molecule has 2 heterocycles. The smallest absolute Gasteiger partial charge is 0.277 e. The van der Waals surface area contributed by atoms with Crippen molar-refractivity contribution in [3.8, 4) is 28.3 Å². The average Bonchev–Trinajstić information content (AvgIpc) is 2.80. The lowest BCUT2D eigenvalue weighted by Crippen LogP contribution is -2.15. The molecule has 0 atom stereocenters. The van der Waals surface area contributed by atoms with E-state index in [0.717, 1.165) is 5.56 Å². The molecule has 30 heavy (non-hydrogen) atoms. The normalized spacial score (nSPS) is 10.5. The molecule has 0 saturated heterocycles. The van der Waals surface area contributed by atoms with E-state index in [2.05, 4.69) is 25.3 Å². The van der Waals surface area contributed by atoms with Crippen molar-refractivity contribution in [2.45, 2.75) is 0 Å². The zero-order chi connectivity index (χ0) is 20.9. The SMILES string of the molecule is COc1ccc(-c2nc(NC(=O)c3cnccn3)cnc2-c2ccc(F)cc2)cc1. The molecule has 0 aliphatic rings. The highest BCUT2D eigenvalue weighted by molar-refractivity contribution is 6.02. The van der Waals surface area contributed by atoms with E-state index >= 15 is 0 Å². The first-order valence-corrected chi connectivity index (χ1v) is 8.99. The highest BCUT2D eigenvalue weighted by Crippen LogP contribution is 2.31. The summed E-state index contributed by atoms with van der Waals surface area (Å²) in [4.78, 5) is 29.3. The predicted octanol–water partition coefficient (Wildman–Crippen LogP) is 4.00. The van der Waals surface area contributed by atoms with Crippen LogP contribution in [0.4, 0.5) is 10.2 Å². The van der Waals surface area contributed by atoms with Crippen LogP contribution < -0.4 is 10.1 Å². The van der Waals surface area contributed by atoms with Gasteiger partial charge in [-0.05, 0) is 48.5 Å². The van der Waals surface area contributed by atoms with Gasteiger partial charge in [-0.1, -0.05) is 0 Å². The van der Waals surface area contributed by atoms with Crippen LogP contribution in [0.2, 0.25) is 0 Å². The maximum Gasteiger partial charge on any atom is 0.277 e. The van der Waals surface area contributed by atoms with Gasteiger partial charge in [-0.25, -0.2) is 14.4 Å². The number of nitrogens with zero attached hydrogens (tertiary/aromatic N) is 4. The van der Waals surface area contributed by atoms with Gasteiger partial charge in [0.15, 0.2) is 5.82 Å². The molecule has 8 heteroatoms. The van der Waals surface area contributed by atoms with Crippen molar-refractivity contribution in [3.63, 3.8) is 0 Å². The number of carbonyl (C=O) groups is 1. The third kappa shape index (κ3) is 4.12. The molecule has 0 bridgehead atoms. The first-order chi connectivity index (χ1) is 14.6. The van der Waals surface area contributed by atoms with Gasteiger partial charge in [0, 0.05) is 23.5 Å². The quantitative estimate of drug-likeness (QED) is 0.544. The molecular weight excluding hydrogens is 385 g/mol. The molecule has 0 aliphatic carbocycles. The number of amides is 1. The lowest BCUT2D eigenvalue weighted by Gasteiger charge is -2.12. The Morgan fingerprint density at radius 1 is 0.900 bits per heavy atom. The van der Waals surface area contributed by atoms with Gasteiger partial charge in [-0.2, -0.15) is 0 Å². The zero-order valence-electron chi connectivity index (χ0n) is 15.9. The summed E-state index contributed by atoms with van der Waals surface area (Å²) in [5, 5.41) is 2.68. The lowest BCUT2D eigenvalue weighted by molar-refractivity contribution is 0.102. The number of hydrogen-bond donors (Lipinski definition) is 1. The molecule has 0 spiro atoms. The molecular formula is C22H16FN5O2. The standard InChI is InChI=1S/C22H16FN5O2/c1-30-17-8-4-15(5-9-17)21-20(14-2-6-16(23)7-3-14)26-13-19(27-21)28-22(29)18-12-24-10-11-25-18/h2-13H,1H3,(H,27,28,29). The summed E-state index contributed by atoms with van der Waals surface area (Å²) in [7, 11) is 1.58. The molecule has 4 rings (SSSR count). The minimum Gasteiger partial charge on any atom is -0.497 e. The van der Waals surface area contributed by atoms with Gasteiger partial charge in [0.2, 0.25) is 0 Å². The number of halogens is 1. The molecule has 148 valence electrons. The fraction of sp³-hybridized carbons (Fsp3) is 0.0455. The molecule has 7 nitrogen and oxygen atoms in total. The predicted molar refractivity (Wildman–Crippen MR) is 109 cm³/mol. The van der Waals surface area contributed by atoms with Crippen LogP contribution in [0.3, 0.4) is 0 Å². The van der Waals surface area contributed by atoms with Gasteiger partial charge in [0.1, 0.15) is 17.3 Å². The Hall–Kier alpha value is -4.20. The van der Waals surface area contributed by atoms with Crippen LogP contribution in [-0.2, 0) is 0 Å². The van der Waals surface area contributed by atoms with Crippen molar-refractivity contribution in [3.05, 3.63) is 84.8 Å². The summed E-state index contributed by atoms with van der Waals surface area (Å²) in [6, 6.07) is 13.3. The van der Waals surface area contributed by atoms with Gasteiger partial charge < -0.3 is 10.1 Å². The molecule has 2 aromatic carbocycles. The second kappa shape index (κ2) is 8.44. The monoisotopic (exact) mass is 401 g/mol. The third-order valence-corrected chi connectivity index (χ3v) is 4.29. The van der Waals surface area contributed by atoms with Crippen molar-refractivity contribution in [1.29, 1.82) is 0 Å². The highest BCUT2D eigenvalue weighted by Gasteiger charge is 2.15. The van der Waals surface area contributed by atoms with E-state index in [1.54, 1.807) is 31.4 Å². The molecule has 0 aliphatic heterocycles. The molecule has 0 unspecified atom stereocenters. The number of rotatable bonds is 5. The summed E-state index contributed by atoms with van der Waals surface area (Å²) in [6.07, 6.45) is 5.72. The van der Waals surface area contributed by atoms with Gasteiger partial charge in [-0.15, -0.1) is 0 Å². The Balaban J connectivity index is 1.75. The van der Waals surface area contributed by atoms with E-state index in [-0.39, 0.29) is 17.3 Å². The number of hydrogen-bond acceptors (Lipinski definition) is 6. The largest absolute Gasteiger partial charge is 0.497 e. The summed E-state index contributed by atoms with van der Waals surface area (Å²) in [5.74, 6) is 0.155. The first kappa shape index (κ1) is 19.1. The molecule has 1 amide bonds. The van der Waals surface area contributed by atoms with Gasteiger partial charge in [0.25, 0.3) is 5.91 Å². The number of nitrogens with one attached hydrogen (secondary N) is 1. The zero-order valence-corrected chi connectivity index (χ0v) is 15.9. The van der Waals surface area contributed by atoms with Crippen LogP contribution in [0.25, 0.3) is 22.5 Å². The molecule has 0 saturated carbocycles. The van der Waals surface area contributed by atoms with E-state index in [1.165, 1.54) is 36.9 Å². The fourth-order valence-corrected chi connectivity index (χ4v) is 2.82. The Bertz CT molecular complexity index is 1170. The maximum atomic E-state index is 13.4. The number of anilines is 1. The Morgan fingerprint density at radius 2 is 1.60 bits per heavy atom. The second-order valence-corrected chi connectivity index (χ2v) is 6.23. The van der Waals surface area contributed by atoms with Crippen LogP contribution in [0.1, 0.15) is 10.5 Å². The van der Waals surface area contributed by atoms with Crippen molar-refractivity contribution in [2.75, 3.05) is 12.4 Å². The minimum absolute atomic E-state index is 0.160. The summed E-state index contributed by atoms with van der Waals surface area (Å²) in [5.41, 5.74) is 2.70. The van der Waals surface area contributed by atoms with Crippen molar-refractivity contribution >= 4 is 11.7 Å². The van der Waals surface area contributed by atoms with Gasteiger partial charge in [-0.3, -0.25) is 14.8 Å². The van der Waals surface area contributed by atoms with Gasteiger partial charge in [0.05, 0.1) is 30.9 Å². The number of aromatic nitrogens is 4. The molecule has 1 N–H and O–H groups in total. The van der Waals surface area contributed by atoms with Crippen LogP contribution in [-0.4, -0.2) is 33.0 Å². The highest BCUT2D eigenvalue weighted by atomic mass is 19.1. The van der Waals surface area contributed by atoms with Crippen molar-refractivity contribution in [1.82, 2.24) is 19.9 Å². The fourth-order valence-electron chi connectivity index (χ4n) is 2.82. The number of benzene rings is 2. The molecule has 0 radical (unpaired) electrons. The Morgan fingerprint density at radius 3 is 2.27 bits per heavy atom. The topological polar surface area (TPSA) is 89.9 Å². The van der Waals surface area contributed by atoms with Crippen LogP contribution in [0.15, 0.2) is 73.3 Å². The van der Waals surface area contributed by atoms with E-state index in [4.69, 9.17) is 4.74 Å². The Labute approximate surface area is 171 Å². The molecule has 0 fully saturated rings.